The van der Waals surface area contributed by atoms with Gasteiger partial charge in [0, 0.05) is 11.8 Å². The van der Waals surface area contributed by atoms with Crippen LogP contribution < -0.4 is 0 Å². The normalized spacial score (nSPS) is 12.3. The Kier molecular flexibility index (Phi) is 5.93. The molecular weight excluding hydrogens is 350 g/mol. The summed E-state index contributed by atoms with van der Waals surface area (Å²) in [7, 11) is 0. The molecule has 1 N–H and O–H groups in total. The zero-order valence-electron chi connectivity index (χ0n) is 16.9. The highest BCUT2D eigenvalue weighted by Gasteiger charge is 2.17. The van der Waals surface area contributed by atoms with Crippen LogP contribution in [0.2, 0.25) is 0 Å². The van der Waals surface area contributed by atoms with Gasteiger partial charge in [0.15, 0.2) is 5.82 Å². The molecule has 1 atom stereocenters. The summed E-state index contributed by atoms with van der Waals surface area (Å²) >= 11 is 0. The van der Waals surface area contributed by atoms with Gasteiger partial charge in [0.1, 0.15) is 5.82 Å². The number of carbonyl (C=O) groups is 1. The Morgan fingerprint density at radius 3 is 2.36 bits per heavy atom. The molecular formula is C23H27N3O2. The molecule has 1 heterocycles. The van der Waals surface area contributed by atoms with Gasteiger partial charge in [0.25, 0.3) is 0 Å². The minimum Gasteiger partial charge on any atom is -0.478 e. The molecule has 5 heteroatoms. The van der Waals surface area contributed by atoms with Gasteiger partial charge in [0.2, 0.25) is 0 Å². The van der Waals surface area contributed by atoms with Crippen LogP contribution in [0.3, 0.4) is 0 Å². The predicted octanol–water partition coefficient (Wildman–Crippen LogP) is 5.33. The summed E-state index contributed by atoms with van der Waals surface area (Å²) in [5.74, 6) is 1.62. The van der Waals surface area contributed by atoms with Crippen LogP contribution in [0.25, 0.3) is 11.1 Å². The van der Waals surface area contributed by atoms with Crippen molar-refractivity contribution in [3.63, 3.8) is 0 Å². The highest BCUT2D eigenvalue weighted by molar-refractivity contribution is 5.95. The summed E-state index contributed by atoms with van der Waals surface area (Å²) in [5, 5.41) is 14.1. The summed E-state index contributed by atoms with van der Waals surface area (Å²) in [6.45, 7) is 9.20. The van der Waals surface area contributed by atoms with Crippen LogP contribution in [0.15, 0.2) is 48.5 Å². The highest BCUT2D eigenvalue weighted by Crippen LogP contribution is 2.25. The van der Waals surface area contributed by atoms with Crippen molar-refractivity contribution in [3.05, 3.63) is 71.3 Å². The highest BCUT2D eigenvalue weighted by atomic mass is 16.4. The lowest BCUT2D eigenvalue weighted by Crippen LogP contribution is -2.09. The Bertz CT molecular complexity index is 958. The molecule has 1 aromatic heterocycles. The molecule has 3 rings (SSSR count). The molecule has 2 aromatic carbocycles. The fourth-order valence-electron chi connectivity index (χ4n) is 3.16. The maximum Gasteiger partial charge on any atom is 0.336 e. The summed E-state index contributed by atoms with van der Waals surface area (Å²) < 4.78 is 2.00. The molecule has 0 aliphatic rings. The minimum atomic E-state index is -0.915. The molecule has 3 aromatic rings. The van der Waals surface area contributed by atoms with Gasteiger partial charge < -0.3 is 5.11 Å². The molecule has 0 amide bonds. The Morgan fingerprint density at radius 1 is 1.07 bits per heavy atom. The number of rotatable bonds is 7. The number of aromatic nitrogens is 3. The third kappa shape index (κ3) is 4.14. The maximum absolute atomic E-state index is 11.5. The average Bonchev–Trinajstić information content (AvgIpc) is 3.12. The van der Waals surface area contributed by atoms with E-state index in [-0.39, 0.29) is 0 Å². The summed E-state index contributed by atoms with van der Waals surface area (Å²) in [6, 6.07) is 15.1. The molecule has 0 bridgehead atoms. The van der Waals surface area contributed by atoms with Gasteiger partial charge in [-0.05, 0) is 29.2 Å². The SMILES string of the molecule is CCC(C)c1nc(C(C)C)nn1Cc1ccc(-c2ccccc2C(=O)O)cc1. The number of carboxylic acid groups (broad SMARTS) is 1. The molecule has 146 valence electrons. The van der Waals surface area contributed by atoms with E-state index in [4.69, 9.17) is 10.1 Å². The first-order valence-electron chi connectivity index (χ1n) is 9.77. The fraction of sp³-hybridized carbons (Fsp3) is 0.348. The first-order chi connectivity index (χ1) is 13.4. The van der Waals surface area contributed by atoms with E-state index in [1.54, 1.807) is 12.1 Å². The largest absolute Gasteiger partial charge is 0.478 e. The van der Waals surface area contributed by atoms with E-state index in [0.717, 1.165) is 34.8 Å². The first-order valence-corrected chi connectivity index (χ1v) is 9.77. The van der Waals surface area contributed by atoms with Crippen LogP contribution in [-0.4, -0.2) is 25.8 Å². The van der Waals surface area contributed by atoms with Crippen molar-refractivity contribution in [2.75, 3.05) is 0 Å². The lowest BCUT2D eigenvalue weighted by molar-refractivity contribution is 0.0697. The Labute approximate surface area is 166 Å². The monoisotopic (exact) mass is 377 g/mol. The Morgan fingerprint density at radius 2 is 1.75 bits per heavy atom. The number of benzene rings is 2. The first kappa shape index (κ1) is 19.8. The van der Waals surface area contributed by atoms with Crippen LogP contribution >= 0.6 is 0 Å². The molecule has 0 aliphatic carbocycles. The molecule has 28 heavy (non-hydrogen) atoms. The number of hydrogen-bond donors (Lipinski definition) is 1. The molecule has 0 saturated heterocycles. The number of aromatic carboxylic acids is 1. The van der Waals surface area contributed by atoms with Gasteiger partial charge in [-0.15, -0.1) is 0 Å². The van der Waals surface area contributed by atoms with E-state index < -0.39 is 5.97 Å². The van der Waals surface area contributed by atoms with Crippen LogP contribution in [0.5, 0.6) is 0 Å². The van der Waals surface area contributed by atoms with Crippen molar-refractivity contribution < 1.29 is 9.90 Å². The van der Waals surface area contributed by atoms with Crippen LogP contribution in [0.1, 0.15) is 73.5 Å². The predicted molar refractivity (Wildman–Crippen MR) is 111 cm³/mol. The Hall–Kier alpha value is -2.95. The van der Waals surface area contributed by atoms with Gasteiger partial charge in [0.05, 0.1) is 12.1 Å². The van der Waals surface area contributed by atoms with Gasteiger partial charge in [-0.1, -0.05) is 70.2 Å². The third-order valence-electron chi connectivity index (χ3n) is 5.04. The average molecular weight is 377 g/mol. The van der Waals surface area contributed by atoms with E-state index in [9.17, 15) is 9.90 Å². The van der Waals surface area contributed by atoms with Crippen molar-refractivity contribution in [2.45, 2.75) is 52.5 Å². The lowest BCUT2D eigenvalue weighted by Gasteiger charge is -2.11. The van der Waals surface area contributed by atoms with Gasteiger partial charge in [-0.25, -0.2) is 14.5 Å². The smallest absolute Gasteiger partial charge is 0.336 e. The van der Waals surface area contributed by atoms with Crippen molar-refractivity contribution >= 4 is 5.97 Å². The second kappa shape index (κ2) is 8.38. The van der Waals surface area contributed by atoms with Crippen LogP contribution in [-0.2, 0) is 6.54 Å². The standard InChI is InChI=1S/C23H27N3O2/c1-5-16(4)22-24-21(15(2)3)25-26(22)14-17-10-12-18(13-11-17)19-8-6-7-9-20(19)23(27)28/h6-13,15-16H,5,14H2,1-4H3,(H,27,28). The zero-order chi connectivity index (χ0) is 20.3. The van der Waals surface area contributed by atoms with E-state index in [1.165, 1.54) is 0 Å². The van der Waals surface area contributed by atoms with Crippen molar-refractivity contribution in [3.8, 4) is 11.1 Å². The molecule has 1 unspecified atom stereocenters. The minimum absolute atomic E-state index is 0.291. The van der Waals surface area contributed by atoms with E-state index in [0.29, 0.717) is 23.9 Å². The van der Waals surface area contributed by atoms with Gasteiger partial charge >= 0.3 is 5.97 Å². The second-order valence-corrected chi connectivity index (χ2v) is 7.50. The summed E-state index contributed by atoms with van der Waals surface area (Å²) in [6.07, 6.45) is 1.02. The molecule has 5 nitrogen and oxygen atoms in total. The number of nitrogens with zero attached hydrogens (tertiary/aromatic N) is 3. The van der Waals surface area contributed by atoms with Gasteiger partial charge in [-0.2, -0.15) is 5.10 Å². The second-order valence-electron chi connectivity index (χ2n) is 7.50. The van der Waals surface area contributed by atoms with Crippen LogP contribution in [0.4, 0.5) is 0 Å². The van der Waals surface area contributed by atoms with Crippen molar-refractivity contribution in [2.24, 2.45) is 0 Å². The number of carboxylic acids is 1. The Balaban J connectivity index is 1.89. The summed E-state index contributed by atoms with van der Waals surface area (Å²) in [5.41, 5.74) is 3.04. The fourth-order valence-corrected chi connectivity index (χ4v) is 3.16. The lowest BCUT2D eigenvalue weighted by atomic mass is 9.99. The van der Waals surface area contributed by atoms with E-state index in [1.807, 2.05) is 41.1 Å². The van der Waals surface area contributed by atoms with Crippen molar-refractivity contribution in [1.82, 2.24) is 14.8 Å². The third-order valence-corrected chi connectivity index (χ3v) is 5.04. The summed E-state index contributed by atoms with van der Waals surface area (Å²) in [4.78, 5) is 16.2. The van der Waals surface area contributed by atoms with Crippen LogP contribution in [0, 0.1) is 0 Å². The molecule has 0 radical (unpaired) electrons. The van der Waals surface area contributed by atoms with E-state index in [2.05, 4.69) is 27.7 Å². The molecule has 0 fully saturated rings. The molecule has 0 spiro atoms. The maximum atomic E-state index is 11.5. The molecule has 0 aliphatic heterocycles. The van der Waals surface area contributed by atoms with Crippen molar-refractivity contribution in [1.29, 1.82) is 0 Å². The zero-order valence-corrected chi connectivity index (χ0v) is 16.9. The number of hydrogen-bond acceptors (Lipinski definition) is 3. The quantitative estimate of drug-likeness (QED) is 0.604. The van der Waals surface area contributed by atoms with E-state index >= 15 is 0 Å². The van der Waals surface area contributed by atoms with Gasteiger partial charge in [-0.3, -0.25) is 0 Å². The molecule has 0 saturated carbocycles. The topological polar surface area (TPSA) is 68.0 Å².